The normalized spacial score (nSPS) is 10.5. The van der Waals surface area contributed by atoms with Crippen LogP contribution in [-0.4, -0.2) is 30.3 Å². The molecule has 3 rings (SSSR count). The zero-order chi connectivity index (χ0) is 15.7. The molecule has 3 aromatic rings. The van der Waals surface area contributed by atoms with Gasteiger partial charge in [-0.15, -0.1) is 0 Å². The summed E-state index contributed by atoms with van der Waals surface area (Å²) >= 11 is 0. The van der Waals surface area contributed by atoms with E-state index in [2.05, 4.69) is 15.2 Å². The van der Waals surface area contributed by atoms with Crippen molar-refractivity contribution in [2.45, 2.75) is 0 Å². The van der Waals surface area contributed by atoms with E-state index < -0.39 is 16.4 Å². The van der Waals surface area contributed by atoms with Crippen molar-refractivity contribution >= 4 is 5.69 Å². The maximum atomic E-state index is 10.8. The maximum absolute atomic E-state index is 10.8. The SMILES string of the molecule is O=[N+]([O-])c1cc(-c2nc(-c3cccc(O)c3)n[nH]2)ccc1O. The Balaban J connectivity index is 2.01. The zero-order valence-corrected chi connectivity index (χ0v) is 11.1. The molecule has 110 valence electrons. The highest BCUT2D eigenvalue weighted by Gasteiger charge is 2.16. The van der Waals surface area contributed by atoms with Crippen molar-refractivity contribution < 1.29 is 15.1 Å². The number of phenolic OH excluding ortho intramolecular Hbond substituents is 2. The van der Waals surface area contributed by atoms with Crippen LogP contribution in [0, 0.1) is 10.1 Å². The van der Waals surface area contributed by atoms with E-state index in [-0.39, 0.29) is 5.75 Å². The number of phenols is 2. The molecule has 22 heavy (non-hydrogen) atoms. The molecule has 0 bridgehead atoms. The number of nitrogens with zero attached hydrogens (tertiary/aromatic N) is 3. The molecular formula is C14H10N4O4. The van der Waals surface area contributed by atoms with Crippen LogP contribution in [-0.2, 0) is 0 Å². The molecule has 1 aromatic heterocycles. The predicted molar refractivity (Wildman–Crippen MR) is 77.2 cm³/mol. The van der Waals surface area contributed by atoms with Gasteiger partial charge in [0, 0.05) is 17.2 Å². The van der Waals surface area contributed by atoms with Gasteiger partial charge in [-0.3, -0.25) is 15.2 Å². The molecule has 0 aliphatic carbocycles. The Morgan fingerprint density at radius 1 is 1.09 bits per heavy atom. The van der Waals surface area contributed by atoms with E-state index in [1.807, 2.05) is 0 Å². The molecule has 1 heterocycles. The lowest BCUT2D eigenvalue weighted by molar-refractivity contribution is -0.385. The van der Waals surface area contributed by atoms with Crippen molar-refractivity contribution in [1.29, 1.82) is 0 Å². The molecule has 0 saturated carbocycles. The molecular weight excluding hydrogens is 288 g/mol. The third-order valence-corrected chi connectivity index (χ3v) is 3.04. The van der Waals surface area contributed by atoms with Crippen LogP contribution in [0.5, 0.6) is 11.5 Å². The highest BCUT2D eigenvalue weighted by molar-refractivity contribution is 5.66. The zero-order valence-electron chi connectivity index (χ0n) is 11.1. The molecule has 0 unspecified atom stereocenters. The summed E-state index contributed by atoms with van der Waals surface area (Å²) in [5.41, 5.74) is 0.618. The minimum absolute atomic E-state index is 0.0871. The van der Waals surface area contributed by atoms with Crippen molar-refractivity contribution in [3.8, 4) is 34.3 Å². The van der Waals surface area contributed by atoms with Gasteiger partial charge in [-0.2, -0.15) is 5.10 Å². The minimum atomic E-state index is -0.675. The molecule has 0 fully saturated rings. The van der Waals surface area contributed by atoms with E-state index >= 15 is 0 Å². The fraction of sp³-hybridized carbons (Fsp3) is 0. The molecule has 3 N–H and O–H groups in total. The summed E-state index contributed by atoms with van der Waals surface area (Å²) in [4.78, 5) is 14.4. The molecule has 0 aliphatic rings. The lowest BCUT2D eigenvalue weighted by Crippen LogP contribution is -1.90. The second-order valence-corrected chi connectivity index (χ2v) is 4.52. The average Bonchev–Trinajstić information content (AvgIpc) is 2.97. The van der Waals surface area contributed by atoms with Gasteiger partial charge in [-0.1, -0.05) is 12.1 Å². The Labute approximate surface area is 123 Å². The first-order chi connectivity index (χ1) is 10.5. The van der Waals surface area contributed by atoms with E-state index in [9.17, 15) is 20.3 Å². The van der Waals surface area contributed by atoms with Crippen LogP contribution in [0.1, 0.15) is 0 Å². The van der Waals surface area contributed by atoms with Crippen LogP contribution in [0.4, 0.5) is 5.69 Å². The van der Waals surface area contributed by atoms with Gasteiger partial charge in [0.15, 0.2) is 17.4 Å². The van der Waals surface area contributed by atoms with Crippen LogP contribution >= 0.6 is 0 Å². The van der Waals surface area contributed by atoms with Crippen molar-refractivity contribution in [2.24, 2.45) is 0 Å². The summed E-state index contributed by atoms with van der Waals surface area (Å²) in [6, 6.07) is 10.4. The Morgan fingerprint density at radius 3 is 2.64 bits per heavy atom. The molecule has 8 nitrogen and oxygen atoms in total. The Bertz CT molecular complexity index is 860. The Morgan fingerprint density at radius 2 is 1.91 bits per heavy atom. The molecule has 8 heteroatoms. The van der Waals surface area contributed by atoms with Gasteiger partial charge in [-0.25, -0.2) is 4.98 Å². The van der Waals surface area contributed by atoms with E-state index in [4.69, 9.17) is 0 Å². The highest BCUT2D eigenvalue weighted by atomic mass is 16.6. The third-order valence-electron chi connectivity index (χ3n) is 3.04. The van der Waals surface area contributed by atoms with Crippen molar-refractivity contribution in [2.75, 3.05) is 0 Å². The number of H-pyrrole nitrogens is 1. The van der Waals surface area contributed by atoms with Crippen LogP contribution in [0.15, 0.2) is 42.5 Å². The second kappa shape index (κ2) is 5.17. The number of nitro groups is 1. The smallest absolute Gasteiger partial charge is 0.311 e. The first-order valence-electron chi connectivity index (χ1n) is 6.24. The number of hydrogen-bond donors (Lipinski definition) is 3. The molecule has 0 aliphatic heterocycles. The van der Waals surface area contributed by atoms with Crippen LogP contribution in [0.2, 0.25) is 0 Å². The second-order valence-electron chi connectivity index (χ2n) is 4.52. The largest absolute Gasteiger partial charge is 0.508 e. The van der Waals surface area contributed by atoms with E-state index in [1.165, 1.54) is 30.3 Å². The number of hydrogen-bond acceptors (Lipinski definition) is 6. The van der Waals surface area contributed by atoms with Crippen molar-refractivity contribution in [3.63, 3.8) is 0 Å². The number of nitro benzene ring substituents is 1. The lowest BCUT2D eigenvalue weighted by atomic mass is 10.1. The van der Waals surface area contributed by atoms with Gasteiger partial charge in [0.05, 0.1) is 4.92 Å². The summed E-state index contributed by atoms with van der Waals surface area (Å²) in [6.45, 7) is 0. The maximum Gasteiger partial charge on any atom is 0.311 e. The van der Waals surface area contributed by atoms with Gasteiger partial charge in [0.1, 0.15) is 5.75 Å². The molecule has 0 saturated heterocycles. The molecule has 0 spiro atoms. The predicted octanol–water partition coefficient (Wildman–Crippen LogP) is 2.46. The van der Waals surface area contributed by atoms with Crippen molar-refractivity contribution in [1.82, 2.24) is 15.2 Å². The monoisotopic (exact) mass is 298 g/mol. The van der Waals surface area contributed by atoms with Gasteiger partial charge in [0.2, 0.25) is 0 Å². The van der Waals surface area contributed by atoms with E-state index in [1.54, 1.807) is 12.1 Å². The van der Waals surface area contributed by atoms with Gasteiger partial charge in [-0.05, 0) is 24.3 Å². The number of aromatic amines is 1. The topological polar surface area (TPSA) is 125 Å². The van der Waals surface area contributed by atoms with Crippen LogP contribution in [0.25, 0.3) is 22.8 Å². The Hall–Kier alpha value is -3.42. The van der Waals surface area contributed by atoms with Gasteiger partial charge < -0.3 is 10.2 Å². The fourth-order valence-electron chi connectivity index (χ4n) is 1.98. The van der Waals surface area contributed by atoms with Crippen LogP contribution in [0.3, 0.4) is 0 Å². The number of rotatable bonds is 3. The highest BCUT2D eigenvalue weighted by Crippen LogP contribution is 2.30. The number of benzene rings is 2. The van der Waals surface area contributed by atoms with Gasteiger partial charge >= 0.3 is 5.69 Å². The first kappa shape index (κ1) is 13.6. The minimum Gasteiger partial charge on any atom is -0.508 e. The third kappa shape index (κ3) is 2.44. The molecule has 0 amide bonds. The molecule has 0 atom stereocenters. The quantitative estimate of drug-likeness (QED) is 0.503. The molecule has 0 radical (unpaired) electrons. The van der Waals surface area contributed by atoms with Crippen molar-refractivity contribution in [3.05, 3.63) is 52.6 Å². The summed E-state index contributed by atoms with van der Waals surface area (Å²) in [6.07, 6.45) is 0. The van der Waals surface area contributed by atoms with E-state index in [0.29, 0.717) is 22.8 Å². The summed E-state index contributed by atoms with van der Waals surface area (Å²) in [5, 5.41) is 36.4. The standard InChI is InChI=1S/C14H10N4O4/c19-10-3-1-2-8(6-10)13-15-14(17-16-13)9-4-5-12(20)11(7-9)18(21)22/h1-7,19-20H,(H,15,16,17). The fourth-order valence-corrected chi connectivity index (χ4v) is 1.98. The Kier molecular flexibility index (Phi) is 3.18. The lowest BCUT2D eigenvalue weighted by Gasteiger charge is -1.99. The van der Waals surface area contributed by atoms with E-state index in [0.717, 1.165) is 0 Å². The number of aromatic nitrogens is 3. The van der Waals surface area contributed by atoms with Gasteiger partial charge in [0.25, 0.3) is 0 Å². The number of aromatic hydroxyl groups is 2. The summed E-state index contributed by atoms with van der Waals surface area (Å²) in [7, 11) is 0. The average molecular weight is 298 g/mol. The number of nitrogens with one attached hydrogen (secondary N) is 1. The summed E-state index contributed by atoms with van der Waals surface area (Å²) in [5.74, 6) is 0.341. The first-order valence-corrected chi connectivity index (χ1v) is 6.24. The summed E-state index contributed by atoms with van der Waals surface area (Å²) < 4.78 is 0. The molecule has 2 aromatic carbocycles. The van der Waals surface area contributed by atoms with Crippen LogP contribution < -0.4 is 0 Å².